The number of thiophene rings is 1. The van der Waals surface area contributed by atoms with Gasteiger partial charge in [0.25, 0.3) is 0 Å². The Morgan fingerprint density at radius 2 is 2.10 bits per heavy atom. The second kappa shape index (κ2) is 6.10. The number of ether oxygens (including phenoxy) is 1. The third kappa shape index (κ3) is 3.40. The molecule has 9 heteroatoms. The van der Waals surface area contributed by atoms with Crippen molar-refractivity contribution in [1.82, 2.24) is 4.72 Å². The van der Waals surface area contributed by atoms with E-state index in [1.807, 2.05) is 0 Å². The molecule has 112 valence electrons. The second-order valence-corrected chi connectivity index (χ2v) is 9.10. The standard InChI is InChI=1S/C11H15BrN2O4S2/c12-8-1-2-9(19-8)20(16,17)14-7-11(10(13)15)3-5-18-6-4-11/h1-2,14H,3-7H2,(H2,13,15). The summed E-state index contributed by atoms with van der Waals surface area (Å²) in [5, 5.41) is 0. The maximum absolute atomic E-state index is 12.1. The fourth-order valence-corrected chi connectivity index (χ4v) is 5.20. The molecule has 0 aromatic carbocycles. The van der Waals surface area contributed by atoms with Crippen LogP contribution in [0.3, 0.4) is 0 Å². The van der Waals surface area contributed by atoms with Gasteiger partial charge < -0.3 is 10.5 Å². The zero-order valence-electron chi connectivity index (χ0n) is 10.6. The Hall–Kier alpha value is -0.480. The van der Waals surface area contributed by atoms with Crippen LogP contribution in [0.4, 0.5) is 0 Å². The molecular formula is C11H15BrN2O4S2. The van der Waals surface area contributed by atoms with Crippen molar-refractivity contribution in [2.24, 2.45) is 11.1 Å². The Morgan fingerprint density at radius 1 is 1.45 bits per heavy atom. The molecule has 0 saturated carbocycles. The van der Waals surface area contributed by atoms with E-state index in [1.165, 1.54) is 6.07 Å². The molecule has 0 bridgehead atoms. The first-order chi connectivity index (χ1) is 9.36. The third-order valence-corrected chi connectivity index (χ3v) is 6.90. The lowest BCUT2D eigenvalue weighted by molar-refractivity contribution is -0.132. The summed E-state index contributed by atoms with van der Waals surface area (Å²) in [7, 11) is -3.62. The SMILES string of the molecule is NC(=O)C1(CNS(=O)(=O)c2ccc(Br)s2)CCOCC1. The van der Waals surface area contributed by atoms with E-state index in [-0.39, 0.29) is 10.8 Å². The van der Waals surface area contributed by atoms with Crippen molar-refractivity contribution >= 4 is 43.2 Å². The molecule has 0 unspecified atom stereocenters. The van der Waals surface area contributed by atoms with E-state index in [1.54, 1.807) is 6.07 Å². The maximum atomic E-state index is 12.1. The molecule has 1 saturated heterocycles. The van der Waals surface area contributed by atoms with E-state index in [0.29, 0.717) is 26.1 Å². The number of amides is 1. The summed E-state index contributed by atoms with van der Waals surface area (Å²) >= 11 is 4.34. The number of nitrogens with two attached hydrogens (primary N) is 1. The summed E-state index contributed by atoms with van der Waals surface area (Å²) in [6.45, 7) is 0.827. The molecule has 1 aliphatic rings. The Kier molecular flexibility index (Phi) is 4.85. The molecule has 1 aliphatic heterocycles. The van der Waals surface area contributed by atoms with Gasteiger partial charge in [0.05, 0.1) is 9.20 Å². The number of halogens is 1. The Morgan fingerprint density at radius 3 is 2.60 bits per heavy atom. The Balaban J connectivity index is 2.11. The number of rotatable bonds is 5. The van der Waals surface area contributed by atoms with Crippen LogP contribution in [0.15, 0.2) is 20.1 Å². The van der Waals surface area contributed by atoms with Gasteiger partial charge in [-0.05, 0) is 40.9 Å². The molecule has 6 nitrogen and oxygen atoms in total. The molecule has 1 fully saturated rings. The summed E-state index contributed by atoms with van der Waals surface area (Å²) in [6.07, 6.45) is 0.859. The molecule has 1 aromatic rings. The van der Waals surface area contributed by atoms with E-state index in [4.69, 9.17) is 10.5 Å². The molecule has 1 amide bonds. The minimum Gasteiger partial charge on any atom is -0.381 e. The second-order valence-electron chi connectivity index (χ2n) is 4.64. The van der Waals surface area contributed by atoms with Crippen molar-refractivity contribution in [3.8, 4) is 0 Å². The van der Waals surface area contributed by atoms with Gasteiger partial charge in [-0.25, -0.2) is 13.1 Å². The Bertz CT molecular complexity index is 593. The molecule has 0 atom stereocenters. The van der Waals surface area contributed by atoms with Gasteiger partial charge in [-0.2, -0.15) is 0 Å². The zero-order valence-corrected chi connectivity index (χ0v) is 13.8. The highest BCUT2D eigenvalue weighted by molar-refractivity contribution is 9.11. The topological polar surface area (TPSA) is 98.5 Å². The minimum atomic E-state index is -3.62. The van der Waals surface area contributed by atoms with Crippen molar-refractivity contribution < 1.29 is 17.9 Å². The van der Waals surface area contributed by atoms with Gasteiger partial charge in [-0.1, -0.05) is 0 Å². The van der Waals surface area contributed by atoms with Gasteiger partial charge in [-0.3, -0.25) is 4.79 Å². The fraction of sp³-hybridized carbons (Fsp3) is 0.545. The molecule has 0 aliphatic carbocycles. The third-order valence-electron chi connectivity index (χ3n) is 3.39. The number of nitrogens with one attached hydrogen (secondary N) is 1. The summed E-state index contributed by atoms with van der Waals surface area (Å²) in [5.41, 5.74) is 4.58. The van der Waals surface area contributed by atoms with Crippen LogP contribution in [0.25, 0.3) is 0 Å². The lowest BCUT2D eigenvalue weighted by Gasteiger charge is -2.34. The van der Waals surface area contributed by atoms with Crippen molar-refractivity contribution in [3.05, 3.63) is 15.9 Å². The van der Waals surface area contributed by atoms with Crippen LogP contribution < -0.4 is 10.5 Å². The number of carbonyl (C=O) groups is 1. The average molecular weight is 383 g/mol. The molecular weight excluding hydrogens is 368 g/mol. The van der Waals surface area contributed by atoms with Gasteiger partial charge >= 0.3 is 0 Å². The summed E-state index contributed by atoms with van der Waals surface area (Å²) in [6, 6.07) is 3.18. The highest BCUT2D eigenvalue weighted by Gasteiger charge is 2.39. The van der Waals surface area contributed by atoms with Crippen LogP contribution in [0, 0.1) is 5.41 Å². The summed E-state index contributed by atoms with van der Waals surface area (Å²) < 4.78 is 32.9. The first-order valence-electron chi connectivity index (χ1n) is 5.98. The first-order valence-corrected chi connectivity index (χ1v) is 9.08. The highest BCUT2D eigenvalue weighted by Crippen LogP contribution is 2.31. The lowest BCUT2D eigenvalue weighted by atomic mass is 9.80. The van der Waals surface area contributed by atoms with E-state index >= 15 is 0 Å². The minimum absolute atomic E-state index is 0.00352. The normalized spacial score (nSPS) is 18.9. The molecule has 2 rings (SSSR count). The summed E-state index contributed by atoms with van der Waals surface area (Å²) in [4.78, 5) is 11.7. The zero-order chi connectivity index (χ0) is 14.8. The predicted octanol–water partition coefficient (Wildman–Crippen LogP) is 1.07. The number of primary amides is 1. The van der Waals surface area contributed by atoms with Crippen molar-refractivity contribution in [3.63, 3.8) is 0 Å². The Labute approximate surface area is 129 Å². The van der Waals surface area contributed by atoms with E-state index in [9.17, 15) is 13.2 Å². The van der Waals surface area contributed by atoms with Crippen LogP contribution in [-0.2, 0) is 19.6 Å². The van der Waals surface area contributed by atoms with Crippen molar-refractivity contribution in [1.29, 1.82) is 0 Å². The smallest absolute Gasteiger partial charge is 0.250 e. The van der Waals surface area contributed by atoms with E-state index in [2.05, 4.69) is 20.7 Å². The van der Waals surface area contributed by atoms with Gasteiger partial charge in [0, 0.05) is 19.8 Å². The van der Waals surface area contributed by atoms with Gasteiger partial charge in [0.1, 0.15) is 4.21 Å². The number of hydrogen-bond acceptors (Lipinski definition) is 5. The molecule has 3 N–H and O–H groups in total. The molecule has 0 spiro atoms. The molecule has 2 heterocycles. The van der Waals surface area contributed by atoms with E-state index in [0.717, 1.165) is 15.1 Å². The monoisotopic (exact) mass is 382 g/mol. The predicted molar refractivity (Wildman–Crippen MR) is 78.9 cm³/mol. The van der Waals surface area contributed by atoms with Crippen LogP contribution in [0.5, 0.6) is 0 Å². The maximum Gasteiger partial charge on any atom is 0.250 e. The van der Waals surface area contributed by atoms with Crippen LogP contribution >= 0.6 is 27.3 Å². The van der Waals surface area contributed by atoms with E-state index < -0.39 is 21.3 Å². The molecule has 1 aromatic heterocycles. The average Bonchev–Trinajstić information content (AvgIpc) is 2.85. The van der Waals surface area contributed by atoms with Crippen molar-refractivity contribution in [2.45, 2.75) is 17.1 Å². The van der Waals surface area contributed by atoms with Crippen LogP contribution in [0.1, 0.15) is 12.8 Å². The lowest BCUT2D eigenvalue weighted by Crippen LogP contribution is -2.49. The van der Waals surface area contributed by atoms with Crippen LogP contribution in [0.2, 0.25) is 0 Å². The van der Waals surface area contributed by atoms with Gasteiger partial charge in [0.2, 0.25) is 15.9 Å². The van der Waals surface area contributed by atoms with Crippen molar-refractivity contribution in [2.75, 3.05) is 19.8 Å². The van der Waals surface area contributed by atoms with Gasteiger partial charge in [0.15, 0.2) is 0 Å². The largest absolute Gasteiger partial charge is 0.381 e. The van der Waals surface area contributed by atoms with Crippen LogP contribution in [-0.4, -0.2) is 34.1 Å². The first kappa shape index (κ1) is 15.9. The highest BCUT2D eigenvalue weighted by atomic mass is 79.9. The van der Waals surface area contributed by atoms with Gasteiger partial charge in [-0.15, -0.1) is 11.3 Å². The molecule has 20 heavy (non-hydrogen) atoms. The number of carbonyl (C=O) groups excluding carboxylic acids is 1. The number of sulfonamides is 1. The summed E-state index contributed by atoms with van der Waals surface area (Å²) in [5.74, 6) is -0.490. The quantitative estimate of drug-likeness (QED) is 0.795. The fourth-order valence-electron chi connectivity index (χ4n) is 2.02. The number of hydrogen-bond donors (Lipinski definition) is 2. The molecule has 0 radical (unpaired) electrons.